The van der Waals surface area contributed by atoms with Crippen molar-refractivity contribution in [3.05, 3.63) is 0 Å². The molecule has 0 aliphatic carbocycles. The van der Waals surface area contributed by atoms with Crippen molar-refractivity contribution in [2.75, 3.05) is 19.7 Å². The standard InChI is InChI=1S/C12H19FN4O7S.Na/c13-7-3-8(14-4-7)6-23-15-11(18)10-2-1-9-5-16(10)12(19)17(9)24-25(20,21)22;/h7-10,14H,1-6H2,(H,15,18)(H,20,21,22);/q;+1/p-1/t7-,8-,9-,10+;/m1./s1. The van der Waals surface area contributed by atoms with Crippen molar-refractivity contribution in [3.8, 4) is 0 Å². The van der Waals surface area contributed by atoms with Gasteiger partial charge in [-0.25, -0.2) is 23.1 Å². The van der Waals surface area contributed by atoms with Gasteiger partial charge in [-0.3, -0.25) is 9.63 Å². The molecule has 2 N–H and O–H groups in total. The number of hydrogen-bond donors (Lipinski definition) is 2. The zero-order valence-corrected chi connectivity index (χ0v) is 16.9. The Hall–Kier alpha value is -0.540. The van der Waals surface area contributed by atoms with Crippen molar-refractivity contribution < 1.29 is 65.6 Å². The van der Waals surface area contributed by atoms with Gasteiger partial charge < -0.3 is 14.8 Å². The smallest absolute Gasteiger partial charge is 0.724 e. The largest absolute Gasteiger partial charge is 1.00 e. The third-order valence-corrected chi connectivity index (χ3v) is 4.77. The number of fused-ring (bicyclic) bond motifs is 2. The molecule has 3 rings (SSSR count). The van der Waals surface area contributed by atoms with Crippen LogP contribution >= 0.6 is 0 Å². The van der Waals surface area contributed by atoms with Crippen molar-refractivity contribution in [1.82, 2.24) is 20.8 Å². The molecule has 26 heavy (non-hydrogen) atoms. The Bertz CT molecular complexity index is 653. The van der Waals surface area contributed by atoms with E-state index in [1.54, 1.807) is 0 Å². The van der Waals surface area contributed by atoms with Crippen LogP contribution in [0.1, 0.15) is 19.3 Å². The van der Waals surface area contributed by atoms with Crippen LogP contribution in [-0.2, 0) is 24.3 Å². The molecule has 0 radical (unpaired) electrons. The predicted octanol–water partition coefficient (Wildman–Crippen LogP) is -4.60. The summed E-state index contributed by atoms with van der Waals surface area (Å²) in [5.41, 5.74) is 2.23. The molecule has 0 aromatic rings. The predicted molar refractivity (Wildman–Crippen MR) is 76.9 cm³/mol. The van der Waals surface area contributed by atoms with E-state index in [1.165, 1.54) is 0 Å². The first-order valence-electron chi connectivity index (χ1n) is 7.79. The van der Waals surface area contributed by atoms with Crippen LogP contribution in [0.25, 0.3) is 0 Å². The fraction of sp³-hybridized carbons (Fsp3) is 0.833. The Morgan fingerprint density at radius 1 is 1.42 bits per heavy atom. The van der Waals surface area contributed by atoms with Crippen LogP contribution in [0, 0.1) is 0 Å². The van der Waals surface area contributed by atoms with Gasteiger partial charge >= 0.3 is 35.6 Å². The summed E-state index contributed by atoms with van der Waals surface area (Å²) in [5.74, 6) is -0.576. The van der Waals surface area contributed by atoms with Crippen molar-refractivity contribution in [2.45, 2.75) is 43.6 Å². The van der Waals surface area contributed by atoms with E-state index >= 15 is 0 Å². The van der Waals surface area contributed by atoms with Gasteiger partial charge in [0, 0.05) is 19.1 Å². The Morgan fingerprint density at radius 2 is 2.15 bits per heavy atom. The Kier molecular flexibility index (Phi) is 7.23. The third-order valence-electron chi connectivity index (χ3n) is 4.42. The molecule has 0 aromatic heterocycles. The van der Waals surface area contributed by atoms with Gasteiger partial charge in [0.15, 0.2) is 0 Å². The maximum Gasteiger partial charge on any atom is 1.00 e. The third kappa shape index (κ3) is 5.04. The molecule has 14 heteroatoms. The molecule has 3 aliphatic heterocycles. The first-order chi connectivity index (χ1) is 11.7. The second-order valence-electron chi connectivity index (χ2n) is 6.21. The van der Waals surface area contributed by atoms with E-state index in [0.717, 1.165) is 4.90 Å². The number of piperidine rings is 1. The minimum Gasteiger partial charge on any atom is -0.724 e. The molecule has 0 aromatic carbocycles. The molecule has 3 heterocycles. The van der Waals surface area contributed by atoms with Gasteiger partial charge in [-0.15, -0.1) is 0 Å². The molecular formula is C12H18FN4NaO7S. The second kappa shape index (κ2) is 8.65. The number of nitrogens with one attached hydrogen (secondary N) is 2. The molecule has 3 aliphatic rings. The van der Waals surface area contributed by atoms with Gasteiger partial charge in [0.2, 0.25) is 10.4 Å². The number of hydrogen-bond acceptors (Lipinski definition) is 8. The number of urea groups is 1. The molecule has 3 amide bonds. The minimum absolute atomic E-state index is 0. The molecule has 0 unspecified atom stereocenters. The number of nitrogens with zero attached hydrogens (tertiary/aromatic N) is 2. The average molecular weight is 404 g/mol. The van der Waals surface area contributed by atoms with E-state index in [2.05, 4.69) is 15.1 Å². The number of alkyl halides is 1. The molecule has 0 spiro atoms. The van der Waals surface area contributed by atoms with Gasteiger partial charge in [-0.05, 0) is 19.3 Å². The molecular weight excluding hydrogens is 386 g/mol. The van der Waals surface area contributed by atoms with E-state index in [1.807, 2.05) is 0 Å². The number of rotatable bonds is 6. The van der Waals surface area contributed by atoms with Crippen LogP contribution in [0.2, 0.25) is 0 Å². The second-order valence-corrected chi connectivity index (χ2v) is 7.17. The summed E-state index contributed by atoms with van der Waals surface area (Å²) >= 11 is 0. The quantitative estimate of drug-likeness (QED) is 0.195. The monoisotopic (exact) mass is 404 g/mol. The van der Waals surface area contributed by atoms with Gasteiger partial charge in [-0.2, -0.15) is 9.35 Å². The number of halogens is 1. The van der Waals surface area contributed by atoms with Crippen LogP contribution < -0.4 is 40.4 Å². The maximum absolute atomic E-state index is 13.0. The van der Waals surface area contributed by atoms with Crippen LogP contribution in [0.4, 0.5) is 9.18 Å². The van der Waals surface area contributed by atoms with Crippen molar-refractivity contribution in [1.29, 1.82) is 0 Å². The van der Waals surface area contributed by atoms with E-state index < -0.39 is 40.6 Å². The minimum atomic E-state index is -5.08. The zero-order valence-electron chi connectivity index (χ0n) is 14.1. The fourth-order valence-electron chi connectivity index (χ4n) is 3.28. The van der Waals surface area contributed by atoms with E-state index in [-0.39, 0.29) is 61.7 Å². The summed E-state index contributed by atoms with van der Waals surface area (Å²) in [6.07, 6.45) is -0.0888. The Morgan fingerprint density at radius 3 is 2.77 bits per heavy atom. The molecule has 142 valence electrons. The van der Waals surface area contributed by atoms with Gasteiger partial charge in [-0.1, -0.05) is 0 Å². The first-order valence-corrected chi connectivity index (χ1v) is 9.12. The van der Waals surface area contributed by atoms with Gasteiger partial charge in [0.25, 0.3) is 5.91 Å². The Balaban J connectivity index is 0.00000243. The average Bonchev–Trinajstić information content (AvgIpc) is 3.04. The summed E-state index contributed by atoms with van der Waals surface area (Å²) in [6, 6.07) is -2.53. The SMILES string of the molecule is O=C(NOC[C@H]1C[C@@H](F)CN1)[C@@H]1CC[C@@H]2CN1C(=O)N2OS(=O)(=O)[O-].[Na+]. The summed E-state index contributed by atoms with van der Waals surface area (Å²) in [6.45, 7) is 0.395. The van der Waals surface area contributed by atoms with E-state index in [9.17, 15) is 27.0 Å². The first kappa shape index (κ1) is 21.8. The number of hydroxylamine groups is 3. The molecule has 2 bridgehead atoms. The molecule has 0 saturated carbocycles. The molecule has 4 atom stereocenters. The van der Waals surface area contributed by atoms with Crippen molar-refractivity contribution in [3.63, 3.8) is 0 Å². The van der Waals surface area contributed by atoms with Crippen LogP contribution in [-0.4, -0.2) is 78.9 Å². The Labute approximate surface area is 171 Å². The fourth-order valence-corrected chi connectivity index (χ4v) is 3.66. The van der Waals surface area contributed by atoms with Crippen LogP contribution in [0.3, 0.4) is 0 Å². The molecule has 11 nitrogen and oxygen atoms in total. The van der Waals surface area contributed by atoms with Crippen molar-refractivity contribution in [2.24, 2.45) is 0 Å². The number of carbonyl (C=O) groups excluding carboxylic acids is 2. The van der Waals surface area contributed by atoms with Gasteiger partial charge in [0.05, 0.1) is 12.6 Å². The zero-order chi connectivity index (χ0) is 18.2. The van der Waals surface area contributed by atoms with Crippen LogP contribution in [0.5, 0.6) is 0 Å². The van der Waals surface area contributed by atoms with Gasteiger partial charge in [0.1, 0.15) is 12.2 Å². The van der Waals surface area contributed by atoms with E-state index in [4.69, 9.17) is 4.84 Å². The summed E-state index contributed by atoms with van der Waals surface area (Å²) in [4.78, 5) is 30.5. The van der Waals surface area contributed by atoms with Crippen molar-refractivity contribution >= 4 is 22.3 Å². The summed E-state index contributed by atoms with van der Waals surface area (Å²) < 4.78 is 49.3. The number of carbonyl (C=O) groups is 2. The molecule has 3 fully saturated rings. The normalized spacial score (nSPS) is 31.1. The van der Waals surface area contributed by atoms with Crippen LogP contribution in [0.15, 0.2) is 0 Å². The van der Waals surface area contributed by atoms with E-state index in [0.29, 0.717) is 17.9 Å². The maximum atomic E-state index is 13.0. The summed E-state index contributed by atoms with van der Waals surface area (Å²) in [5, 5.41) is 3.40. The molecule has 3 saturated heterocycles. The number of amides is 3. The topological polar surface area (TPSA) is 140 Å². The summed E-state index contributed by atoms with van der Waals surface area (Å²) in [7, 11) is -5.08.